The molecule has 0 unspecified atom stereocenters. The van der Waals surface area contributed by atoms with Crippen molar-refractivity contribution in [3.8, 4) is 0 Å². The Balaban J connectivity index is 1.65. The summed E-state index contributed by atoms with van der Waals surface area (Å²) >= 11 is 5.82. The molecule has 2 aromatic carbocycles. The molecule has 0 aliphatic carbocycles. The number of benzene rings is 2. The molecule has 1 fully saturated rings. The third kappa shape index (κ3) is 6.82. The topological polar surface area (TPSA) is 60.9 Å². The van der Waals surface area contributed by atoms with Crippen LogP contribution in [0.15, 0.2) is 53.6 Å². The van der Waals surface area contributed by atoms with E-state index in [1.165, 1.54) is 12.1 Å². The fraction of sp³-hybridized carbons (Fsp3) is 0.462. The Morgan fingerprint density at radius 1 is 1.11 bits per heavy atom. The van der Waals surface area contributed by atoms with Gasteiger partial charge in [-0.1, -0.05) is 30.3 Å². The summed E-state index contributed by atoms with van der Waals surface area (Å²) in [6.07, 6.45) is -3.01. The summed E-state index contributed by atoms with van der Waals surface area (Å²) in [5.41, 5.74) is 1.36. The number of hydrogen-bond acceptors (Lipinski definition) is 4. The molecule has 0 saturated carbocycles. The number of alkyl halides is 3. The van der Waals surface area contributed by atoms with Gasteiger partial charge in [0.15, 0.2) is 0 Å². The van der Waals surface area contributed by atoms with Gasteiger partial charge in [0.05, 0.1) is 21.2 Å². The van der Waals surface area contributed by atoms with E-state index in [9.17, 15) is 26.7 Å². The van der Waals surface area contributed by atoms with Gasteiger partial charge in [0.2, 0.25) is 10.0 Å². The molecule has 10 heteroatoms. The van der Waals surface area contributed by atoms with E-state index in [0.717, 1.165) is 17.2 Å². The zero-order valence-electron chi connectivity index (χ0n) is 20.6. The molecule has 2 atom stereocenters. The van der Waals surface area contributed by atoms with Crippen LogP contribution in [0.3, 0.4) is 0 Å². The standard InChI is InChI=1S/C26H32ClF3N2O3S/c1-17-10-22(12-20(4)33)13-23(11-17)36(34,35)32-18(2)15-31(16-19(32)3)9-5-6-21-7-8-24(25(27)14-21)26(28,29)30/h7-8,10-11,13-14,18-19,33H,4-6,9,12,15-16H2,1-3H3/t18-,19+. The lowest BCUT2D eigenvalue weighted by Crippen LogP contribution is -2.58. The largest absolute Gasteiger partial charge is 0.513 e. The van der Waals surface area contributed by atoms with Gasteiger partial charge in [-0.3, -0.25) is 0 Å². The third-order valence-corrected chi connectivity index (χ3v) is 8.71. The first-order chi connectivity index (χ1) is 16.7. The Morgan fingerprint density at radius 2 is 1.75 bits per heavy atom. The van der Waals surface area contributed by atoms with Crippen molar-refractivity contribution < 1.29 is 26.7 Å². The van der Waals surface area contributed by atoms with Crippen LogP contribution in [0.25, 0.3) is 0 Å². The van der Waals surface area contributed by atoms with Gasteiger partial charge in [-0.25, -0.2) is 8.42 Å². The first kappa shape index (κ1) is 28.5. The van der Waals surface area contributed by atoms with E-state index >= 15 is 0 Å². The van der Waals surface area contributed by atoms with Crippen LogP contribution in [-0.4, -0.2) is 54.4 Å². The van der Waals surface area contributed by atoms with Crippen LogP contribution >= 0.6 is 11.6 Å². The summed E-state index contributed by atoms with van der Waals surface area (Å²) in [5.74, 6) is -0.0298. The van der Waals surface area contributed by atoms with Crippen molar-refractivity contribution in [3.63, 3.8) is 0 Å². The average molecular weight is 545 g/mol. The van der Waals surface area contributed by atoms with Crippen LogP contribution in [-0.2, 0) is 29.0 Å². The average Bonchev–Trinajstić information content (AvgIpc) is 2.71. The molecule has 1 N–H and O–H groups in total. The maximum atomic E-state index is 13.6. The highest BCUT2D eigenvalue weighted by atomic mass is 35.5. The normalized spacial score (nSPS) is 20.0. The van der Waals surface area contributed by atoms with Crippen LogP contribution in [0.2, 0.25) is 5.02 Å². The molecule has 198 valence electrons. The number of allylic oxidation sites excluding steroid dienone is 1. The van der Waals surface area contributed by atoms with Crippen LogP contribution in [0.4, 0.5) is 13.2 Å². The fourth-order valence-electron chi connectivity index (χ4n) is 4.96. The molecule has 1 aliphatic heterocycles. The predicted octanol–water partition coefficient (Wildman–Crippen LogP) is 6.00. The Labute approximate surface area is 216 Å². The van der Waals surface area contributed by atoms with Crippen molar-refractivity contribution in [3.05, 3.63) is 76.0 Å². The molecule has 5 nitrogen and oxygen atoms in total. The minimum atomic E-state index is -4.48. The van der Waals surface area contributed by atoms with E-state index in [2.05, 4.69) is 11.5 Å². The number of hydrogen-bond donors (Lipinski definition) is 1. The van der Waals surface area contributed by atoms with Gasteiger partial charge in [0, 0.05) is 31.6 Å². The van der Waals surface area contributed by atoms with Crippen molar-refractivity contribution >= 4 is 21.6 Å². The summed E-state index contributed by atoms with van der Waals surface area (Å²) in [6.45, 7) is 10.8. The fourth-order valence-corrected chi connectivity index (χ4v) is 7.23. The van der Waals surface area contributed by atoms with Gasteiger partial charge in [-0.2, -0.15) is 17.5 Å². The van der Waals surface area contributed by atoms with Crippen molar-refractivity contribution in [1.82, 2.24) is 9.21 Å². The number of aliphatic hydroxyl groups is 1. The molecule has 0 spiro atoms. The van der Waals surface area contributed by atoms with E-state index < -0.39 is 21.8 Å². The molecule has 1 heterocycles. The Morgan fingerprint density at radius 3 is 2.31 bits per heavy atom. The molecular formula is C26H32ClF3N2O3S. The van der Waals surface area contributed by atoms with Gasteiger partial charge in [-0.15, -0.1) is 0 Å². The zero-order valence-corrected chi connectivity index (χ0v) is 22.2. The molecule has 0 aromatic heterocycles. The van der Waals surface area contributed by atoms with E-state index in [1.807, 2.05) is 26.8 Å². The monoisotopic (exact) mass is 544 g/mol. The zero-order chi connectivity index (χ0) is 26.8. The van der Waals surface area contributed by atoms with E-state index in [1.54, 1.807) is 16.4 Å². The highest BCUT2D eigenvalue weighted by molar-refractivity contribution is 7.89. The Hall–Kier alpha value is -2.07. The number of aryl methyl sites for hydroxylation is 2. The lowest BCUT2D eigenvalue weighted by molar-refractivity contribution is -0.137. The molecule has 0 bridgehead atoms. The SMILES string of the molecule is C=C(O)Cc1cc(C)cc(S(=O)(=O)N2[C@H](C)CN(CCCc3ccc(C(F)(F)F)c(Cl)c3)C[C@@H]2C)c1. The number of nitrogens with zero attached hydrogens (tertiary/aromatic N) is 2. The maximum Gasteiger partial charge on any atom is 0.417 e. The molecule has 0 radical (unpaired) electrons. The van der Waals surface area contributed by atoms with Crippen molar-refractivity contribution in [1.29, 1.82) is 0 Å². The summed E-state index contributed by atoms with van der Waals surface area (Å²) in [7, 11) is -3.76. The first-order valence-corrected chi connectivity index (χ1v) is 13.6. The van der Waals surface area contributed by atoms with Crippen LogP contribution in [0.1, 0.15) is 42.5 Å². The van der Waals surface area contributed by atoms with Crippen molar-refractivity contribution in [2.75, 3.05) is 19.6 Å². The van der Waals surface area contributed by atoms with Crippen molar-refractivity contribution in [2.45, 2.75) is 63.2 Å². The summed E-state index contributed by atoms with van der Waals surface area (Å²) in [4.78, 5) is 2.38. The number of halogens is 4. The van der Waals surface area contributed by atoms with Crippen LogP contribution in [0, 0.1) is 6.92 Å². The third-order valence-electron chi connectivity index (χ3n) is 6.29. The first-order valence-electron chi connectivity index (χ1n) is 11.8. The van der Waals surface area contributed by atoms with Crippen molar-refractivity contribution in [2.24, 2.45) is 0 Å². The second-order valence-corrected chi connectivity index (χ2v) is 11.9. The highest BCUT2D eigenvalue weighted by Crippen LogP contribution is 2.35. The number of sulfonamides is 1. The van der Waals surface area contributed by atoms with Gasteiger partial charge in [-0.05, 0) is 81.1 Å². The summed E-state index contributed by atoms with van der Waals surface area (Å²) in [5, 5.41) is 9.24. The molecule has 1 saturated heterocycles. The van der Waals surface area contributed by atoms with E-state index in [4.69, 9.17) is 11.6 Å². The summed E-state index contributed by atoms with van der Waals surface area (Å²) < 4.78 is 67.4. The molecular weight excluding hydrogens is 513 g/mol. The number of aliphatic hydroxyl groups excluding tert-OH is 1. The molecule has 0 amide bonds. The Bertz CT molecular complexity index is 1210. The number of rotatable bonds is 8. The minimum absolute atomic E-state index is 0.0298. The minimum Gasteiger partial charge on any atom is -0.513 e. The van der Waals surface area contributed by atoms with Crippen LogP contribution < -0.4 is 0 Å². The van der Waals surface area contributed by atoms with Gasteiger partial charge in [0.1, 0.15) is 0 Å². The second-order valence-electron chi connectivity index (χ2n) is 9.61. The molecule has 36 heavy (non-hydrogen) atoms. The van der Waals surface area contributed by atoms with Gasteiger partial charge < -0.3 is 10.0 Å². The van der Waals surface area contributed by atoms with E-state index in [0.29, 0.717) is 38.0 Å². The molecule has 2 aromatic rings. The quantitative estimate of drug-likeness (QED) is 0.414. The molecule has 3 rings (SSSR count). The van der Waals surface area contributed by atoms with Gasteiger partial charge in [0.25, 0.3) is 0 Å². The lowest BCUT2D eigenvalue weighted by Gasteiger charge is -2.43. The van der Waals surface area contributed by atoms with Gasteiger partial charge >= 0.3 is 6.18 Å². The lowest BCUT2D eigenvalue weighted by atomic mass is 10.1. The summed E-state index contributed by atoms with van der Waals surface area (Å²) in [6, 6.07) is 8.35. The van der Waals surface area contributed by atoms with E-state index in [-0.39, 0.29) is 34.2 Å². The predicted molar refractivity (Wildman–Crippen MR) is 136 cm³/mol. The maximum absolute atomic E-state index is 13.6. The smallest absolute Gasteiger partial charge is 0.417 e. The molecule has 1 aliphatic rings. The van der Waals surface area contributed by atoms with Crippen LogP contribution in [0.5, 0.6) is 0 Å². The highest BCUT2D eigenvalue weighted by Gasteiger charge is 2.38. The Kier molecular flexibility index (Phi) is 8.81. The second kappa shape index (κ2) is 11.1. The number of piperazine rings is 1.